The van der Waals surface area contributed by atoms with E-state index in [1.165, 1.54) is 29.4 Å². The number of pyridine rings is 1. The van der Waals surface area contributed by atoms with Crippen molar-refractivity contribution >= 4 is 29.2 Å². The van der Waals surface area contributed by atoms with Gasteiger partial charge in [-0.25, -0.2) is 4.39 Å². The Hall–Kier alpha value is -3.52. The molecule has 1 aromatic carbocycles. The van der Waals surface area contributed by atoms with Crippen LogP contribution in [0.4, 0.5) is 10.2 Å². The number of hydrogen-bond donors (Lipinski definition) is 1. The minimum atomic E-state index is -1.15. The summed E-state index contributed by atoms with van der Waals surface area (Å²) in [5.41, 5.74) is 0.743. The minimum absolute atomic E-state index is 0.153. The monoisotopic (exact) mass is 484 g/mol. The second-order valence-corrected chi connectivity index (χ2v) is 9.16. The van der Waals surface area contributed by atoms with Gasteiger partial charge >= 0.3 is 0 Å². The summed E-state index contributed by atoms with van der Waals surface area (Å²) in [6.07, 6.45) is 4.38. The Morgan fingerprint density at radius 3 is 2.65 bits per heavy atom. The van der Waals surface area contributed by atoms with E-state index in [0.29, 0.717) is 22.8 Å². The second kappa shape index (κ2) is 10.6. The number of nitrogens with zero attached hydrogens (tertiary/aromatic N) is 3. The molecule has 0 spiro atoms. The van der Waals surface area contributed by atoms with E-state index in [1.54, 1.807) is 24.3 Å². The number of rotatable bonds is 8. The van der Waals surface area contributed by atoms with Crippen LogP contribution < -0.4 is 10.2 Å². The number of carbonyl (C=O) groups excluding carboxylic acids is 2. The molecule has 2 heterocycles. The SMILES string of the molecule is C=CC(=O)N(c1cc(C(C)(C)C)on1)C(C(=O)NCCc1cccc(F)c1)c1cncc(Cl)c1. The lowest BCUT2D eigenvalue weighted by molar-refractivity contribution is -0.125. The topological polar surface area (TPSA) is 88.3 Å². The van der Waals surface area contributed by atoms with Gasteiger partial charge in [0.25, 0.3) is 5.91 Å². The molecule has 3 aromatic rings. The summed E-state index contributed by atoms with van der Waals surface area (Å²) < 4.78 is 18.9. The van der Waals surface area contributed by atoms with Crippen molar-refractivity contribution in [2.24, 2.45) is 0 Å². The van der Waals surface area contributed by atoms with Crippen LogP contribution in [0.1, 0.15) is 43.7 Å². The number of halogens is 2. The zero-order valence-electron chi connectivity index (χ0n) is 19.2. The highest BCUT2D eigenvalue weighted by Crippen LogP contribution is 2.32. The Bertz CT molecular complexity index is 1190. The molecular weight excluding hydrogens is 459 g/mol. The van der Waals surface area contributed by atoms with Crippen molar-refractivity contribution in [1.82, 2.24) is 15.5 Å². The predicted octanol–water partition coefficient (Wildman–Crippen LogP) is 4.78. The van der Waals surface area contributed by atoms with Crippen LogP contribution in [0, 0.1) is 5.82 Å². The summed E-state index contributed by atoms with van der Waals surface area (Å²) >= 11 is 6.13. The van der Waals surface area contributed by atoms with Crippen LogP contribution in [0.25, 0.3) is 0 Å². The van der Waals surface area contributed by atoms with E-state index in [2.05, 4.69) is 22.0 Å². The van der Waals surface area contributed by atoms with Gasteiger partial charge in [0, 0.05) is 36.0 Å². The normalized spacial score (nSPS) is 12.1. The molecule has 0 radical (unpaired) electrons. The van der Waals surface area contributed by atoms with Crippen LogP contribution in [0.2, 0.25) is 5.02 Å². The largest absolute Gasteiger partial charge is 0.359 e. The lowest BCUT2D eigenvalue weighted by atomic mass is 9.93. The Morgan fingerprint density at radius 1 is 1.26 bits per heavy atom. The quantitative estimate of drug-likeness (QED) is 0.465. The Balaban J connectivity index is 1.95. The number of carbonyl (C=O) groups is 2. The number of hydrogen-bond acceptors (Lipinski definition) is 5. The number of anilines is 1. The highest BCUT2D eigenvalue weighted by molar-refractivity contribution is 6.30. The summed E-state index contributed by atoms with van der Waals surface area (Å²) in [6, 6.07) is 8.15. The first-order valence-electron chi connectivity index (χ1n) is 10.7. The molecule has 0 bridgehead atoms. The van der Waals surface area contributed by atoms with Gasteiger partial charge in [0.05, 0.1) is 5.02 Å². The minimum Gasteiger partial charge on any atom is -0.359 e. The first-order chi connectivity index (χ1) is 16.1. The highest BCUT2D eigenvalue weighted by Gasteiger charge is 2.35. The zero-order valence-corrected chi connectivity index (χ0v) is 20.0. The summed E-state index contributed by atoms with van der Waals surface area (Å²) in [5, 5.41) is 7.17. The molecule has 1 unspecified atom stereocenters. The lowest BCUT2D eigenvalue weighted by Gasteiger charge is -2.28. The van der Waals surface area contributed by atoms with Crippen LogP contribution in [0.15, 0.2) is 66.0 Å². The third kappa shape index (κ3) is 6.08. The van der Waals surface area contributed by atoms with Crippen LogP contribution in [0.5, 0.6) is 0 Å². The Kier molecular flexibility index (Phi) is 7.83. The lowest BCUT2D eigenvalue weighted by Crippen LogP contribution is -2.44. The average Bonchev–Trinajstić information content (AvgIpc) is 3.27. The summed E-state index contributed by atoms with van der Waals surface area (Å²) in [5.74, 6) is -0.705. The van der Waals surface area contributed by atoms with Gasteiger partial charge in [-0.15, -0.1) is 0 Å². The third-order valence-electron chi connectivity index (χ3n) is 5.05. The van der Waals surface area contributed by atoms with Crippen LogP contribution in [-0.2, 0) is 21.4 Å². The van der Waals surface area contributed by atoms with Gasteiger partial charge in [0.1, 0.15) is 17.6 Å². The predicted molar refractivity (Wildman–Crippen MR) is 128 cm³/mol. The maximum Gasteiger partial charge on any atom is 0.252 e. The van der Waals surface area contributed by atoms with Crippen LogP contribution in [0.3, 0.4) is 0 Å². The van der Waals surface area contributed by atoms with Crippen molar-refractivity contribution < 1.29 is 18.5 Å². The molecule has 0 aliphatic heterocycles. The highest BCUT2D eigenvalue weighted by atomic mass is 35.5. The van der Waals surface area contributed by atoms with Crippen molar-refractivity contribution in [2.75, 3.05) is 11.4 Å². The van der Waals surface area contributed by atoms with Crippen molar-refractivity contribution in [1.29, 1.82) is 0 Å². The number of amides is 2. The molecule has 2 aromatic heterocycles. The van der Waals surface area contributed by atoms with E-state index in [0.717, 1.165) is 11.6 Å². The van der Waals surface area contributed by atoms with E-state index in [4.69, 9.17) is 16.1 Å². The van der Waals surface area contributed by atoms with Crippen molar-refractivity contribution in [2.45, 2.75) is 38.6 Å². The van der Waals surface area contributed by atoms with Crippen LogP contribution in [-0.4, -0.2) is 28.5 Å². The van der Waals surface area contributed by atoms with Crippen molar-refractivity contribution in [3.05, 3.63) is 89.2 Å². The molecule has 34 heavy (non-hydrogen) atoms. The van der Waals surface area contributed by atoms with Gasteiger partial charge in [0.2, 0.25) is 5.91 Å². The molecule has 0 saturated heterocycles. The number of benzene rings is 1. The summed E-state index contributed by atoms with van der Waals surface area (Å²) in [7, 11) is 0. The summed E-state index contributed by atoms with van der Waals surface area (Å²) in [4.78, 5) is 31.6. The van der Waals surface area contributed by atoms with E-state index < -0.39 is 17.9 Å². The fourth-order valence-electron chi connectivity index (χ4n) is 3.32. The fourth-order valence-corrected chi connectivity index (χ4v) is 3.50. The van der Waals surface area contributed by atoms with Gasteiger partial charge < -0.3 is 9.84 Å². The second-order valence-electron chi connectivity index (χ2n) is 8.72. The molecule has 0 fully saturated rings. The number of aromatic nitrogens is 2. The molecule has 0 aliphatic rings. The molecule has 3 rings (SSSR count). The fraction of sp³-hybridized carbons (Fsp3) is 0.280. The molecule has 0 aliphatic carbocycles. The first-order valence-corrected chi connectivity index (χ1v) is 11.0. The maximum absolute atomic E-state index is 13.5. The molecule has 0 saturated carbocycles. The number of nitrogens with one attached hydrogen (secondary N) is 1. The van der Waals surface area contributed by atoms with Gasteiger partial charge in [-0.05, 0) is 36.3 Å². The van der Waals surface area contributed by atoms with E-state index in [9.17, 15) is 14.0 Å². The van der Waals surface area contributed by atoms with E-state index in [-0.39, 0.29) is 23.6 Å². The first kappa shape index (κ1) is 25.1. The third-order valence-corrected chi connectivity index (χ3v) is 5.25. The van der Waals surface area contributed by atoms with Gasteiger partial charge in [-0.1, -0.05) is 56.2 Å². The molecule has 1 N–H and O–H groups in total. The van der Waals surface area contributed by atoms with Gasteiger partial charge in [-0.3, -0.25) is 19.5 Å². The Labute approximate surface area is 202 Å². The Morgan fingerprint density at radius 2 is 2.03 bits per heavy atom. The van der Waals surface area contributed by atoms with Crippen LogP contribution >= 0.6 is 11.6 Å². The smallest absolute Gasteiger partial charge is 0.252 e. The molecule has 178 valence electrons. The molecule has 9 heteroatoms. The molecular formula is C25H26ClFN4O3. The summed E-state index contributed by atoms with van der Waals surface area (Å²) in [6.45, 7) is 9.60. The van der Waals surface area contributed by atoms with Gasteiger partial charge in [0.15, 0.2) is 5.82 Å². The van der Waals surface area contributed by atoms with Crippen molar-refractivity contribution in [3.63, 3.8) is 0 Å². The molecule has 2 amide bonds. The standard InChI is InChI=1S/C25H26ClFN4O3/c1-5-22(32)31(21-13-20(34-30-21)25(2,3)4)23(17-12-18(26)15-28-14-17)24(33)29-10-9-16-7-6-8-19(27)11-16/h5-8,11-15,23H,1,9-10H2,2-4H3,(H,29,33). The van der Waals surface area contributed by atoms with E-state index in [1.807, 2.05) is 20.8 Å². The van der Waals surface area contributed by atoms with Gasteiger partial charge in [-0.2, -0.15) is 0 Å². The van der Waals surface area contributed by atoms with Crippen molar-refractivity contribution in [3.8, 4) is 0 Å². The zero-order chi connectivity index (χ0) is 24.9. The molecule has 7 nitrogen and oxygen atoms in total. The maximum atomic E-state index is 13.5. The average molecular weight is 485 g/mol. The molecule has 1 atom stereocenters. The van der Waals surface area contributed by atoms with E-state index >= 15 is 0 Å².